The number of halogens is 1. The van der Waals surface area contributed by atoms with E-state index in [1.54, 1.807) is 18.2 Å². The second-order valence-electron chi connectivity index (χ2n) is 2.98. The molecule has 1 aromatic carbocycles. The molecule has 16 heavy (non-hydrogen) atoms. The van der Waals surface area contributed by atoms with Gasteiger partial charge in [0.15, 0.2) is 0 Å². The van der Waals surface area contributed by atoms with E-state index in [9.17, 15) is 4.39 Å². The fourth-order valence-corrected chi connectivity index (χ4v) is 1.92. The SMILES string of the molecule is Nc1ncnc(CSc2ccccc2F)n1. The number of nitrogens with zero attached hydrogens (tertiary/aromatic N) is 3. The van der Waals surface area contributed by atoms with E-state index in [1.807, 2.05) is 0 Å². The molecule has 0 aliphatic heterocycles. The predicted octanol–water partition coefficient (Wildman–Crippen LogP) is 1.89. The normalized spacial score (nSPS) is 10.3. The largest absolute Gasteiger partial charge is 0.368 e. The van der Waals surface area contributed by atoms with Crippen molar-refractivity contribution in [3.05, 3.63) is 42.2 Å². The Kier molecular flexibility index (Phi) is 3.31. The van der Waals surface area contributed by atoms with Crippen LogP contribution in [0.1, 0.15) is 5.82 Å². The van der Waals surface area contributed by atoms with Crippen LogP contribution in [0.4, 0.5) is 10.3 Å². The molecule has 0 bridgehead atoms. The molecule has 1 heterocycles. The zero-order valence-corrected chi connectivity index (χ0v) is 9.12. The van der Waals surface area contributed by atoms with Crippen LogP contribution >= 0.6 is 11.8 Å². The summed E-state index contributed by atoms with van der Waals surface area (Å²) in [4.78, 5) is 12.1. The Labute approximate surface area is 96.1 Å². The molecule has 0 atom stereocenters. The third-order valence-electron chi connectivity index (χ3n) is 1.83. The van der Waals surface area contributed by atoms with Gasteiger partial charge in [-0.15, -0.1) is 11.8 Å². The third-order valence-corrected chi connectivity index (χ3v) is 2.88. The highest BCUT2D eigenvalue weighted by Crippen LogP contribution is 2.23. The van der Waals surface area contributed by atoms with Gasteiger partial charge < -0.3 is 5.73 Å². The van der Waals surface area contributed by atoms with Gasteiger partial charge in [-0.25, -0.2) is 14.4 Å². The molecule has 1 aromatic heterocycles. The van der Waals surface area contributed by atoms with E-state index < -0.39 is 0 Å². The Morgan fingerprint density at radius 3 is 2.81 bits per heavy atom. The first-order chi connectivity index (χ1) is 7.75. The molecule has 0 saturated carbocycles. The average Bonchev–Trinajstić information content (AvgIpc) is 2.28. The number of rotatable bonds is 3. The topological polar surface area (TPSA) is 64.7 Å². The number of aromatic nitrogens is 3. The first kappa shape index (κ1) is 10.8. The van der Waals surface area contributed by atoms with Gasteiger partial charge in [0, 0.05) is 4.90 Å². The molecule has 0 radical (unpaired) electrons. The number of thioether (sulfide) groups is 1. The van der Waals surface area contributed by atoms with Crippen molar-refractivity contribution in [1.82, 2.24) is 15.0 Å². The highest BCUT2D eigenvalue weighted by atomic mass is 32.2. The summed E-state index contributed by atoms with van der Waals surface area (Å²) in [6.45, 7) is 0. The van der Waals surface area contributed by atoms with Gasteiger partial charge >= 0.3 is 0 Å². The predicted molar refractivity (Wildman–Crippen MR) is 60.2 cm³/mol. The fraction of sp³-hybridized carbons (Fsp3) is 0.100. The van der Waals surface area contributed by atoms with Crippen LogP contribution in [0.5, 0.6) is 0 Å². The summed E-state index contributed by atoms with van der Waals surface area (Å²) in [5.74, 6) is 0.947. The smallest absolute Gasteiger partial charge is 0.223 e. The molecular formula is C10H9FN4S. The molecule has 0 unspecified atom stereocenters. The fourth-order valence-electron chi connectivity index (χ4n) is 1.12. The molecule has 2 N–H and O–H groups in total. The molecule has 2 rings (SSSR count). The molecular weight excluding hydrogens is 227 g/mol. The van der Waals surface area contributed by atoms with Crippen molar-refractivity contribution in [3.8, 4) is 0 Å². The number of benzene rings is 1. The lowest BCUT2D eigenvalue weighted by Gasteiger charge is -2.01. The Hall–Kier alpha value is -1.69. The van der Waals surface area contributed by atoms with E-state index in [0.29, 0.717) is 16.5 Å². The van der Waals surface area contributed by atoms with Crippen molar-refractivity contribution in [2.24, 2.45) is 0 Å². The maximum Gasteiger partial charge on any atom is 0.223 e. The number of hydrogen-bond donors (Lipinski definition) is 1. The third kappa shape index (κ3) is 2.66. The van der Waals surface area contributed by atoms with Crippen LogP contribution in [0.25, 0.3) is 0 Å². The monoisotopic (exact) mass is 236 g/mol. The van der Waals surface area contributed by atoms with E-state index in [1.165, 1.54) is 24.2 Å². The van der Waals surface area contributed by atoms with Crippen molar-refractivity contribution in [2.75, 3.05) is 5.73 Å². The van der Waals surface area contributed by atoms with Gasteiger partial charge in [-0.3, -0.25) is 0 Å². The van der Waals surface area contributed by atoms with Gasteiger partial charge in [0.1, 0.15) is 18.0 Å². The summed E-state index contributed by atoms with van der Waals surface area (Å²) in [6.07, 6.45) is 1.35. The van der Waals surface area contributed by atoms with E-state index in [-0.39, 0.29) is 11.8 Å². The minimum atomic E-state index is -0.241. The molecule has 0 fully saturated rings. The number of nitrogens with two attached hydrogens (primary N) is 1. The highest BCUT2D eigenvalue weighted by Gasteiger charge is 2.03. The highest BCUT2D eigenvalue weighted by molar-refractivity contribution is 7.98. The summed E-state index contributed by atoms with van der Waals surface area (Å²) in [6, 6.07) is 6.57. The van der Waals surface area contributed by atoms with Crippen molar-refractivity contribution < 1.29 is 4.39 Å². The van der Waals surface area contributed by atoms with Crippen LogP contribution in [0.15, 0.2) is 35.5 Å². The summed E-state index contributed by atoms with van der Waals surface area (Å²) in [5.41, 5.74) is 5.41. The summed E-state index contributed by atoms with van der Waals surface area (Å²) in [7, 11) is 0. The molecule has 0 amide bonds. The molecule has 0 spiro atoms. The summed E-state index contributed by atoms with van der Waals surface area (Å²) < 4.78 is 13.3. The van der Waals surface area contributed by atoms with E-state index in [2.05, 4.69) is 15.0 Å². The zero-order valence-electron chi connectivity index (χ0n) is 8.30. The zero-order chi connectivity index (χ0) is 11.4. The number of hydrogen-bond acceptors (Lipinski definition) is 5. The summed E-state index contributed by atoms with van der Waals surface area (Å²) >= 11 is 1.33. The van der Waals surface area contributed by atoms with Crippen LogP contribution in [-0.2, 0) is 5.75 Å². The minimum absolute atomic E-state index is 0.180. The Bertz CT molecular complexity index is 492. The lowest BCUT2D eigenvalue weighted by molar-refractivity contribution is 0.602. The van der Waals surface area contributed by atoms with Gasteiger partial charge in [-0.05, 0) is 12.1 Å². The van der Waals surface area contributed by atoms with Gasteiger partial charge in [-0.1, -0.05) is 12.1 Å². The standard InChI is InChI=1S/C10H9FN4S/c11-7-3-1-2-4-8(7)16-5-9-13-6-14-10(12)15-9/h1-4,6H,5H2,(H2,12,13,14,15). The molecule has 4 nitrogen and oxygen atoms in total. The summed E-state index contributed by atoms with van der Waals surface area (Å²) in [5, 5.41) is 0. The Morgan fingerprint density at radius 1 is 1.25 bits per heavy atom. The van der Waals surface area contributed by atoms with E-state index >= 15 is 0 Å². The molecule has 0 saturated heterocycles. The van der Waals surface area contributed by atoms with E-state index in [4.69, 9.17) is 5.73 Å². The van der Waals surface area contributed by atoms with Crippen molar-refractivity contribution in [1.29, 1.82) is 0 Å². The van der Waals surface area contributed by atoms with Crippen molar-refractivity contribution in [3.63, 3.8) is 0 Å². The van der Waals surface area contributed by atoms with Crippen LogP contribution in [0, 0.1) is 5.82 Å². The Balaban J connectivity index is 2.05. The molecule has 0 aliphatic carbocycles. The van der Waals surface area contributed by atoms with Gasteiger partial charge in [0.25, 0.3) is 0 Å². The van der Waals surface area contributed by atoms with Crippen molar-refractivity contribution >= 4 is 17.7 Å². The Morgan fingerprint density at radius 2 is 2.06 bits per heavy atom. The second-order valence-corrected chi connectivity index (χ2v) is 4.00. The van der Waals surface area contributed by atoms with Crippen molar-refractivity contribution in [2.45, 2.75) is 10.6 Å². The number of anilines is 1. The first-order valence-electron chi connectivity index (χ1n) is 4.56. The molecule has 2 aromatic rings. The maximum atomic E-state index is 13.3. The van der Waals surface area contributed by atoms with Crippen LogP contribution in [-0.4, -0.2) is 15.0 Å². The first-order valence-corrected chi connectivity index (χ1v) is 5.55. The molecule has 82 valence electrons. The quantitative estimate of drug-likeness (QED) is 0.824. The van der Waals surface area contributed by atoms with Gasteiger partial charge in [0.05, 0.1) is 5.75 Å². The minimum Gasteiger partial charge on any atom is -0.368 e. The van der Waals surface area contributed by atoms with Crippen LogP contribution in [0.2, 0.25) is 0 Å². The van der Waals surface area contributed by atoms with Gasteiger partial charge in [0.2, 0.25) is 5.95 Å². The van der Waals surface area contributed by atoms with Crippen LogP contribution in [0.3, 0.4) is 0 Å². The second kappa shape index (κ2) is 4.89. The lowest BCUT2D eigenvalue weighted by atomic mass is 10.3. The van der Waals surface area contributed by atoms with Gasteiger partial charge in [-0.2, -0.15) is 4.98 Å². The van der Waals surface area contributed by atoms with Crippen LogP contribution < -0.4 is 5.73 Å². The molecule has 6 heteroatoms. The average molecular weight is 236 g/mol. The lowest BCUT2D eigenvalue weighted by Crippen LogP contribution is -2.00. The number of nitrogen functional groups attached to an aromatic ring is 1. The van der Waals surface area contributed by atoms with E-state index in [0.717, 1.165) is 0 Å². The molecule has 0 aliphatic rings. The maximum absolute atomic E-state index is 13.3.